The van der Waals surface area contributed by atoms with Crippen molar-refractivity contribution >= 4 is 5.69 Å². The number of benzene rings is 1. The minimum absolute atomic E-state index is 0.209. The molecule has 0 unspecified atom stereocenters. The molecule has 0 bridgehead atoms. The highest BCUT2D eigenvalue weighted by molar-refractivity contribution is 5.44. The van der Waals surface area contributed by atoms with E-state index in [1.807, 2.05) is 6.07 Å². The van der Waals surface area contributed by atoms with Crippen molar-refractivity contribution in [3.05, 3.63) is 30.1 Å². The molecule has 15 heavy (non-hydrogen) atoms. The van der Waals surface area contributed by atoms with E-state index in [1.165, 1.54) is 18.9 Å². The maximum absolute atomic E-state index is 13.1. The van der Waals surface area contributed by atoms with E-state index in [-0.39, 0.29) is 5.82 Å². The van der Waals surface area contributed by atoms with E-state index in [4.69, 9.17) is 4.74 Å². The molecule has 1 fully saturated rings. The highest BCUT2D eigenvalue weighted by Crippen LogP contribution is 2.28. The normalized spacial score (nSPS) is 15.3. The number of halogens is 1. The Balaban J connectivity index is 1.62. The van der Waals surface area contributed by atoms with E-state index in [1.54, 1.807) is 12.1 Å². The zero-order chi connectivity index (χ0) is 10.5. The van der Waals surface area contributed by atoms with Crippen LogP contribution in [0.5, 0.6) is 0 Å². The zero-order valence-electron chi connectivity index (χ0n) is 8.71. The van der Waals surface area contributed by atoms with Crippen LogP contribution in [0.15, 0.2) is 24.3 Å². The van der Waals surface area contributed by atoms with Crippen molar-refractivity contribution in [2.45, 2.75) is 12.8 Å². The fourth-order valence-corrected chi connectivity index (χ4v) is 1.40. The van der Waals surface area contributed by atoms with Gasteiger partial charge in [0.25, 0.3) is 0 Å². The van der Waals surface area contributed by atoms with Gasteiger partial charge in [-0.2, -0.15) is 0 Å². The minimum atomic E-state index is -0.209. The summed E-state index contributed by atoms with van der Waals surface area (Å²) in [6.45, 7) is 2.16. The Labute approximate surface area is 89.4 Å². The van der Waals surface area contributed by atoms with Crippen molar-refractivity contribution in [1.29, 1.82) is 0 Å². The van der Waals surface area contributed by atoms with Crippen molar-refractivity contribution in [1.82, 2.24) is 0 Å². The molecule has 0 radical (unpaired) electrons. The van der Waals surface area contributed by atoms with Gasteiger partial charge in [-0.1, -0.05) is 12.1 Å². The maximum atomic E-state index is 13.1. The molecule has 1 aliphatic carbocycles. The summed E-state index contributed by atoms with van der Waals surface area (Å²) in [5.41, 5.74) is 0.549. The first kappa shape index (κ1) is 10.4. The van der Waals surface area contributed by atoms with Crippen molar-refractivity contribution < 1.29 is 9.13 Å². The number of nitrogens with one attached hydrogen (secondary N) is 1. The van der Waals surface area contributed by atoms with E-state index in [0.717, 1.165) is 12.5 Å². The number of para-hydroxylation sites is 1. The van der Waals surface area contributed by atoms with Crippen LogP contribution in [0.3, 0.4) is 0 Å². The van der Waals surface area contributed by atoms with E-state index in [2.05, 4.69) is 5.32 Å². The number of hydrogen-bond donors (Lipinski definition) is 1. The van der Waals surface area contributed by atoms with Crippen molar-refractivity contribution in [3.8, 4) is 0 Å². The van der Waals surface area contributed by atoms with Crippen LogP contribution in [0.2, 0.25) is 0 Å². The molecular formula is C12H16FNO. The number of ether oxygens (including phenoxy) is 1. The predicted molar refractivity (Wildman–Crippen MR) is 58.4 cm³/mol. The highest BCUT2D eigenvalue weighted by Gasteiger charge is 2.20. The quantitative estimate of drug-likeness (QED) is 0.727. The molecule has 0 amide bonds. The summed E-state index contributed by atoms with van der Waals surface area (Å²) < 4.78 is 18.6. The average Bonchev–Trinajstić information content (AvgIpc) is 3.04. The minimum Gasteiger partial charge on any atom is -0.380 e. The third-order valence-corrected chi connectivity index (χ3v) is 2.49. The molecule has 1 N–H and O–H groups in total. The molecule has 0 spiro atoms. The van der Waals surface area contributed by atoms with Gasteiger partial charge in [-0.05, 0) is 30.9 Å². The predicted octanol–water partition coefficient (Wildman–Crippen LogP) is 2.66. The molecule has 0 heterocycles. The molecule has 0 aromatic heterocycles. The van der Waals surface area contributed by atoms with Gasteiger partial charge in [0.05, 0.1) is 12.3 Å². The van der Waals surface area contributed by atoms with Gasteiger partial charge < -0.3 is 10.1 Å². The fourth-order valence-electron chi connectivity index (χ4n) is 1.40. The Morgan fingerprint density at radius 1 is 1.33 bits per heavy atom. The van der Waals surface area contributed by atoms with Crippen molar-refractivity contribution in [2.75, 3.05) is 25.1 Å². The van der Waals surface area contributed by atoms with E-state index >= 15 is 0 Å². The van der Waals surface area contributed by atoms with Crippen molar-refractivity contribution in [2.24, 2.45) is 5.92 Å². The van der Waals surface area contributed by atoms with Crippen LogP contribution in [-0.2, 0) is 4.74 Å². The Morgan fingerprint density at radius 2 is 2.13 bits per heavy atom. The number of hydrogen-bond acceptors (Lipinski definition) is 2. The summed E-state index contributed by atoms with van der Waals surface area (Å²) in [4.78, 5) is 0. The Bertz CT molecular complexity index is 312. The van der Waals surface area contributed by atoms with Gasteiger partial charge in [0, 0.05) is 13.2 Å². The molecule has 82 valence electrons. The third-order valence-electron chi connectivity index (χ3n) is 2.49. The molecule has 3 heteroatoms. The Morgan fingerprint density at radius 3 is 2.87 bits per heavy atom. The second-order valence-electron chi connectivity index (χ2n) is 3.92. The van der Waals surface area contributed by atoms with Crippen LogP contribution >= 0.6 is 0 Å². The lowest BCUT2D eigenvalue weighted by molar-refractivity contribution is 0.134. The zero-order valence-corrected chi connectivity index (χ0v) is 8.71. The third kappa shape index (κ3) is 3.51. The smallest absolute Gasteiger partial charge is 0.146 e. The number of rotatable bonds is 6. The van der Waals surface area contributed by atoms with Gasteiger partial charge in [0.1, 0.15) is 5.82 Å². The van der Waals surface area contributed by atoms with E-state index in [9.17, 15) is 4.39 Å². The van der Waals surface area contributed by atoms with Gasteiger partial charge in [0.2, 0.25) is 0 Å². The first-order valence-electron chi connectivity index (χ1n) is 5.42. The van der Waals surface area contributed by atoms with Gasteiger partial charge in [-0.3, -0.25) is 0 Å². The molecular weight excluding hydrogens is 193 g/mol. The van der Waals surface area contributed by atoms with E-state index in [0.29, 0.717) is 18.8 Å². The van der Waals surface area contributed by atoms with Crippen LogP contribution < -0.4 is 5.32 Å². The summed E-state index contributed by atoms with van der Waals surface area (Å²) in [5.74, 6) is 0.582. The standard InChI is InChI=1S/C12H16FNO/c13-11-3-1-2-4-12(11)14-7-8-15-9-10-5-6-10/h1-4,10,14H,5-9H2. The summed E-state index contributed by atoms with van der Waals surface area (Å²) in [6.07, 6.45) is 2.61. The van der Waals surface area contributed by atoms with Gasteiger partial charge >= 0.3 is 0 Å². The van der Waals surface area contributed by atoms with E-state index < -0.39 is 0 Å². The topological polar surface area (TPSA) is 21.3 Å². The van der Waals surface area contributed by atoms with Crippen LogP contribution in [0.4, 0.5) is 10.1 Å². The van der Waals surface area contributed by atoms with Crippen LogP contribution in [0.25, 0.3) is 0 Å². The van der Waals surface area contributed by atoms with Crippen LogP contribution in [-0.4, -0.2) is 19.8 Å². The van der Waals surface area contributed by atoms with Crippen LogP contribution in [0, 0.1) is 11.7 Å². The molecule has 0 saturated heterocycles. The SMILES string of the molecule is Fc1ccccc1NCCOCC1CC1. The summed E-state index contributed by atoms with van der Waals surface area (Å²) in [7, 11) is 0. The highest BCUT2D eigenvalue weighted by atomic mass is 19.1. The van der Waals surface area contributed by atoms with Crippen LogP contribution in [0.1, 0.15) is 12.8 Å². The molecule has 1 aliphatic rings. The second-order valence-corrected chi connectivity index (χ2v) is 3.92. The fraction of sp³-hybridized carbons (Fsp3) is 0.500. The molecule has 1 aromatic carbocycles. The number of anilines is 1. The van der Waals surface area contributed by atoms with Crippen molar-refractivity contribution in [3.63, 3.8) is 0 Å². The molecule has 1 aromatic rings. The first-order chi connectivity index (χ1) is 7.36. The second kappa shape index (κ2) is 5.12. The van der Waals surface area contributed by atoms with Gasteiger partial charge in [0.15, 0.2) is 0 Å². The molecule has 1 saturated carbocycles. The maximum Gasteiger partial charge on any atom is 0.146 e. The van der Waals surface area contributed by atoms with Gasteiger partial charge in [-0.15, -0.1) is 0 Å². The summed E-state index contributed by atoms with van der Waals surface area (Å²) in [6, 6.07) is 6.68. The molecule has 0 aliphatic heterocycles. The largest absolute Gasteiger partial charge is 0.380 e. The first-order valence-corrected chi connectivity index (χ1v) is 5.42. The van der Waals surface area contributed by atoms with Gasteiger partial charge in [-0.25, -0.2) is 4.39 Å². The lowest BCUT2D eigenvalue weighted by Gasteiger charge is -2.07. The molecule has 2 rings (SSSR count). The Hall–Kier alpha value is -1.09. The lowest BCUT2D eigenvalue weighted by atomic mass is 10.3. The lowest BCUT2D eigenvalue weighted by Crippen LogP contribution is -2.11. The Kier molecular flexibility index (Phi) is 3.56. The monoisotopic (exact) mass is 209 g/mol. The summed E-state index contributed by atoms with van der Waals surface area (Å²) >= 11 is 0. The molecule has 0 atom stereocenters. The average molecular weight is 209 g/mol. The summed E-state index contributed by atoms with van der Waals surface area (Å²) in [5, 5.41) is 3.01. The molecule has 2 nitrogen and oxygen atoms in total.